The van der Waals surface area contributed by atoms with E-state index in [2.05, 4.69) is 23.7 Å². The number of benzene rings is 1. The minimum absolute atomic E-state index is 0.00855. The number of halogens is 1. The van der Waals surface area contributed by atoms with Gasteiger partial charge in [0, 0.05) is 22.8 Å². The van der Waals surface area contributed by atoms with Crippen LogP contribution in [-0.4, -0.2) is 70.3 Å². The highest BCUT2D eigenvalue weighted by Gasteiger charge is 2.46. The summed E-state index contributed by atoms with van der Waals surface area (Å²) in [4.78, 5) is 45.6. The molecule has 2 N–H and O–H groups in total. The number of carbonyl (C=O) groups excluding carboxylic acids is 3. The van der Waals surface area contributed by atoms with E-state index in [0.717, 1.165) is 19.6 Å². The van der Waals surface area contributed by atoms with Crippen LogP contribution >= 0.6 is 11.6 Å². The average molecular weight is 516 g/mol. The molecule has 36 heavy (non-hydrogen) atoms. The molecule has 2 heterocycles. The van der Waals surface area contributed by atoms with Crippen molar-refractivity contribution in [3.63, 3.8) is 0 Å². The van der Waals surface area contributed by atoms with Crippen LogP contribution in [0.3, 0.4) is 0 Å². The van der Waals surface area contributed by atoms with Gasteiger partial charge in [-0.3, -0.25) is 9.59 Å². The van der Waals surface area contributed by atoms with Crippen LogP contribution in [0.4, 0.5) is 0 Å². The molecule has 1 saturated heterocycles. The number of aliphatic hydroxyl groups excluding tert-OH is 1. The van der Waals surface area contributed by atoms with Gasteiger partial charge in [-0.25, -0.2) is 4.79 Å². The molecular weight excluding hydrogens is 482 g/mol. The minimum Gasteiger partial charge on any atom is -0.507 e. The van der Waals surface area contributed by atoms with Gasteiger partial charge < -0.3 is 24.6 Å². The van der Waals surface area contributed by atoms with E-state index in [-0.39, 0.29) is 23.6 Å². The molecule has 1 atom stereocenters. The third kappa shape index (κ3) is 5.34. The van der Waals surface area contributed by atoms with Crippen LogP contribution in [0.5, 0.6) is 0 Å². The average Bonchev–Trinajstić information content (AvgIpc) is 3.29. The lowest BCUT2D eigenvalue weighted by Gasteiger charge is -2.27. The molecule has 0 saturated carbocycles. The van der Waals surface area contributed by atoms with E-state index in [1.807, 2.05) is 0 Å². The van der Waals surface area contributed by atoms with E-state index in [4.69, 9.17) is 16.3 Å². The number of H-pyrrole nitrogens is 1. The summed E-state index contributed by atoms with van der Waals surface area (Å²) in [5.41, 5.74) is 2.12. The van der Waals surface area contributed by atoms with Crippen molar-refractivity contribution in [3.05, 3.63) is 62.9 Å². The van der Waals surface area contributed by atoms with Gasteiger partial charge in [0.05, 0.1) is 18.2 Å². The zero-order chi connectivity index (χ0) is 26.6. The third-order valence-electron chi connectivity index (χ3n) is 6.65. The lowest BCUT2D eigenvalue weighted by Crippen LogP contribution is -2.33. The molecule has 1 aromatic carbocycles. The van der Waals surface area contributed by atoms with Crippen LogP contribution in [0.1, 0.15) is 66.1 Å². The van der Waals surface area contributed by atoms with E-state index in [0.29, 0.717) is 40.4 Å². The van der Waals surface area contributed by atoms with Crippen molar-refractivity contribution in [2.24, 2.45) is 0 Å². The van der Waals surface area contributed by atoms with Crippen LogP contribution in [0.2, 0.25) is 5.02 Å². The second-order valence-electron chi connectivity index (χ2n) is 8.77. The maximum Gasteiger partial charge on any atom is 0.355 e. The van der Waals surface area contributed by atoms with Crippen LogP contribution in [0, 0.1) is 13.8 Å². The van der Waals surface area contributed by atoms with Crippen molar-refractivity contribution in [2.45, 2.75) is 47.1 Å². The summed E-state index contributed by atoms with van der Waals surface area (Å²) in [7, 11) is 0. The summed E-state index contributed by atoms with van der Waals surface area (Å²) in [6.07, 6.45) is 0.675. The Morgan fingerprint density at radius 1 is 1.14 bits per heavy atom. The van der Waals surface area contributed by atoms with Gasteiger partial charge in [-0.15, -0.1) is 0 Å². The van der Waals surface area contributed by atoms with Crippen LogP contribution in [0.25, 0.3) is 5.76 Å². The Bertz CT molecular complexity index is 1160. The Morgan fingerprint density at radius 2 is 1.78 bits per heavy atom. The number of hydrogen-bond donors (Lipinski definition) is 2. The number of aromatic nitrogens is 1. The molecule has 0 aliphatic carbocycles. The Labute approximate surface area is 216 Å². The van der Waals surface area contributed by atoms with Gasteiger partial charge in [0.15, 0.2) is 0 Å². The molecule has 3 rings (SSSR count). The van der Waals surface area contributed by atoms with Gasteiger partial charge in [-0.05, 0) is 70.1 Å². The lowest BCUT2D eigenvalue weighted by atomic mass is 9.94. The number of likely N-dealkylation sites (tertiary alicyclic amines) is 1. The number of nitrogens with zero attached hydrogens (tertiary/aromatic N) is 2. The molecule has 1 unspecified atom stereocenters. The summed E-state index contributed by atoms with van der Waals surface area (Å²) in [6, 6.07) is 6.12. The van der Waals surface area contributed by atoms with Gasteiger partial charge in [-0.2, -0.15) is 0 Å². The fourth-order valence-electron chi connectivity index (χ4n) is 4.75. The number of aliphatic hydroxyl groups is 1. The number of amides is 1. The predicted molar refractivity (Wildman–Crippen MR) is 139 cm³/mol. The number of hydrogen-bond acceptors (Lipinski definition) is 6. The van der Waals surface area contributed by atoms with E-state index in [1.165, 1.54) is 4.90 Å². The summed E-state index contributed by atoms with van der Waals surface area (Å²) < 4.78 is 5.11. The summed E-state index contributed by atoms with van der Waals surface area (Å²) >= 11 is 6.09. The predicted octanol–water partition coefficient (Wildman–Crippen LogP) is 4.62. The first-order valence-corrected chi connectivity index (χ1v) is 12.7. The zero-order valence-corrected chi connectivity index (χ0v) is 22.2. The normalized spacial score (nSPS) is 17.3. The van der Waals surface area contributed by atoms with Crippen molar-refractivity contribution in [2.75, 3.05) is 32.8 Å². The minimum atomic E-state index is -0.779. The highest BCUT2D eigenvalue weighted by atomic mass is 35.5. The topological polar surface area (TPSA) is 103 Å². The van der Waals surface area contributed by atoms with Crippen molar-refractivity contribution >= 4 is 35.0 Å². The van der Waals surface area contributed by atoms with Gasteiger partial charge >= 0.3 is 5.97 Å². The molecule has 194 valence electrons. The molecule has 1 fully saturated rings. The highest BCUT2D eigenvalue weighted by Crippen LogP contribution is 2.41. The lowest BCUT2D eigenvalue weighted by molar-refractivity contribution is -0.140. The Hall–Kier alpha value is -3.10. The number of carbonyl (C=O) groups is 3. The fourth-order valence-corrected chi connectivity index (χ4v) is 4.88. The number of esters is 1. The van der Waals surface area contributed by atoms with Crippen molar-refractivity contribution in [1.29, 1.82) is 0 Å². The number of aryl methyl sites for hydroxylation is 1. The Morgan fingerprint density at radius 3 is 2.36 bits per heavy atom. The summed E-state index contributed by atoms with van der Waals surface area (Å²) in [6.45, 7) is 12.3. The van der Waals surface area contributed by atoms with Gasteiger partial charge in [0.25, 0.3) is 11.7 Å². The second kappa shape index (κ2) is 11.8. The van der Waals surface area contributed by atoms with Gasteiger partial charge in [-0.1, -0.05) is 37.6 Å². The first kappa shape index (κ1) is 27.5. The largest absolute Gasteiger partial charge is 0.507 e. The maximum atomic E-state index is 13.3. The van der Waals surface area contributed by atoms with E-state index >= 15 is 0 Å². The SMILES string of the molecule is CCOC(=O)c1[nH]c(C)c(/C(O)=C2\C(=O)C(=O)N(CCCN(CC)CC)C2c2ccc(Cl)cc2)c1C. The standard InChI is InChI=1S/C27H34ClN3O5/c1-6-30(7-2)14-9-15-31-23(18-10-12-19(28)13-11-18)21(25(33)26(31)34)24(32)20-16(4)22(29-17(20)5)27(35)36-8-3/h10-13,23,29,32H,6-9,14-15H2,1-5H3/b24-21+. The summed E-state index contributed by atoms with van der Waals surface area (Å²) in [5, 5.41) is 12.0. The number of aromatic amines is 1. The molecule has 8 nitrogen and oxygen atoms in total. The van der Waals surface area contributed by atoms with Crippen molar-refractivity contribution < 1.29 is 24.2 Å². The second-order valence-corrected chi connectivity index (χ2v) is 9.21. The number of rotatable bonds is 10. The monoisotopic (exact) mass is 515 g/mol. The molecule has 1 aromatic heterocycles. The maximum absolute atomic E-state index is 13.3. The van der Waals surface area contributed by atoms with Crippen LogP contribution in [-0.2, 0) is 14.3 Å². The van der Waals surface area contributed by atoms with E-state index in [9.17, 15) is 19.5 Å². The molecule has 1 aliphatic rings. The first-order valence-electron chi connectivity index (χ1n) is 12.3. The zero-order valence-electron chi connectivity index (χ0n) is 21.5. The Balaban J connectivity index is 2.10. The quantitative estimate of drug-likeness (QED) is 0.207. The van der Waals surface area contributed by atoms with Crippen molar-refractivity contribution in [1.82, 2.24) is 14.8 Å². The molecule has 1 aliphatic heterocycles. The molecule has 0 radical (unpaired) electrons. The molecule has 9 heteroatoms. The number of nitrogens with one attached hydrogen (secondary N) is 1. The first-order chi connectivity index (χ1) is 17.2. The molecular formula is C27H34ClN3O5. The molecule has 2 aromatic rings. The van der Waals surface area contributed by atoms with Gasteiger partial charge in [0.1, 0.15) is 11.5 Å². The van der Waals surface area contributed by atoms with Crippen molar-refractivity contribution in [3.8, 4) is 0 Å². The molecule has 0 spiro atoms. The van der Waals surface area contributed by atoms with Gasteiger partial charge in [0.2, 0.25) is 0 Å². The molecule has 0 bridgehead atoms. The molecule has 1 amide bonds. The van der Waals surface area contributed by atoms with E-state index < -0.39 is 23.7 Å². The highest BCUT2D eigenvalue weighted by molar-refractivity contribution is 6.46. The smallest absolute Gasteiger partial charge is 0.355 e. The van der Waals surface area contributed by atoms with E-state index in [1.54, 1.807) is 45.0 Å². The fraction of sp³-hybridized carbons (Fsp3) is 0.444. The number of ether oxygens (including phenoxy) is 1. The number of Topliss-reactive ketones (excluding diaryl/α,β-unsaturated/α-hetero) is 1. The van der Waals surface area contributed by atoms with Crippen LogP contribution in [0.15, 0.2) is 29.8 Å². The van der Waals surface area contributed by atoms with Crippen LogP contribution < -0.4 is 0 Å². The Kier molecular flexibility index (Phi) is 8.98. The number of ketones is 1. The third-order valence-corrected chi connectivity index (χ3v) is 6.90. The summed E-state index contributed by atoms with van der Waals surface area (Å²) in [5.74, 6) is -2.29.